The summed E-state index contributed by atoms with van der Waals surface area (Å²) in [6, 6.07) is 2.18. The summed E-state index contributed by atoms with van der Waals surface area (Å²) in [5.41, 5.74) is -1.18. The van der Waals surface area contributed by atoms with E-state index in [0.717, 1.165) is 12.3 Å². The fourth-order valence-electron chi connectivity index (χ4n) is 2.42. The first kappa shape index (κ1) is 15.7. The van der Waals surface area contributed by atoms with Gasteiger partial charge in [0, 0.05) is 25.4 Å². The molecule has 0 spiro atoms. The SMILES string of the molecule is O=CNCCn1cc(C(=O)O)c(=O)c2cc3c(cc21)OC(F)(F)O3. The zero-order valence-corrected chi connectivity index (χ0v) is 11.9. The fourth-order valence-corrected chi connectivity index (χ4v) is 2.42. The molecule has 1 aliphatic rings. The number of halogens is 2. The number of benzene rings is 1. The van der Waals surface area contributed by atoms with Gasteiger partial charge in [0.05, 0.1) is 10.9 Å². The Hall–Kier alpha value is -3.17. The van der Waals surface area contributed by atoms with Gasteiger partial charge in [-0.1, -0.05) is 0 Å². The van der Waals surface area contributed by atoms with Crippen LogP contribution in [0.15, 0.2) is 23.1 Å². The van der Waals surface area contributed by atoms with Crippen LogP contribution in [0.3, 0.4) is 0 Å². The number of hydrogen-bond donors (Lipinski definition) is 2. The van der Waals surface area contributed by atoms with Crippen LogP contribution in [0.4, 0.5) is 8.78 Å². The third-order valence-corrected chi connectivity index (χ3v) is 3.41. The minimum absolute atomic E-state index is 0.110. The number of aromatic nitrogens is 1. The van der Waals surface area contributed by atoms with Gasteiger partial charge in [-0.2, -0.15) is 0 Å². The monoisotopic (exact) mass is 340 g/mol. The quantitative estimate of drug-likeness (QED) is 0.615. The summed E-state index contributed by atoms with van der Waals surface area (Å²) in [5.74, 6) is -2.08. The van der Waals surface area contributed by atoms with Crippen LogP contribution in [-0.2, 0) is 11.3 Å². The third kappa shape index (κ3) is 2.62. The van der Waals surface area contributed by atoms with Crippen LogP contribution in [0, 0.1) is 0 Å². The molecule has 126 valence electrons. The minimum Gasteiger partial charge on any atom is -0.477 e. The van der Waals surface area contributed by atoms with Crippen LogP contribution in [0.25, 0.3) is 10.9 Å². The lowest BCUT2D eigenvalue weighted by molar-refractivity contribution is -0.286. The van der Waals surface area contributed by atoms with Crippen molar-refractivity contribution < 1.29 is 33.0 Å². The smallest absolute Gasteiger partial charge is 0.477 e. The van der Waals surface area contributed by atoms with Gasteiger partial charge < -0.3 is 24.5 Å². The maximum Gasteiger partial charge on any atom is 0.586 e. The molecule has 0 radical (unpaired) electrons. The number of alkyl halides is 2. The Morgan fingerprint density at radius 1 is 1.33 bits per heavy atom. The average molecular weight is 340 g/mol. The number of rotatable bonds is 5. The summed E-state index contributed by atoms with van der Waals surface area (Å²) in [7, 11) is 0. The lowest BCUT2D eigenvalue weighted by Crippen LogP contribution is -2.25. The first-order valence-corrected chi connectivity index (χ1v) is 6.70. The largest absolute Gasteiger partial charge is 0.586 e. The van der Waals surface area contributed by atoms with Crippen molar-refractivity contribution in [3.8, 4) is 11.5 Å². The Labute approximate surface area is 132 Å². The maximum atomic E-state index is 13.2. The highest BCUT2D eigenvalue weighted by atomic mass is 19.3. The Morgan fingerprint density at radius 3 is 2.62 bits per heavy atom. The molecule has 0 unspecified atom stereocenters. The van der Waals surface area contributed by atoms with E-state index >= 15 is 0 Å². The first-order chi connectivity index (χ1) is 11.3. The number of carboxylic acids is 1. The molecule has 24 heavy (non-hydrogen) atoms. The van der Waals surface area contributed by atoms with Gasteiger partial charge in [0.2, 0.25) is 11.8 Å². The van der Waals surface area contributed by atoms with Crippen LogP contribution in [0.5, 0.6) is 11.5 Å². The Balaban J connectivity index is 2.22. The molecular formula is C14H10F2N2O6. The van der Waals surface area contributed by atoms with E-state index in [9.17, 15) is 23.2 Å². The number of carbonyl (C=O) groups is 2. The van der Waals surface area contributed by atoms with Crippen molar-refractivity contribution in [3.63, 3.8) is 0 Å². The van der Waals surface area contributed by atoms with Gasteiger partial charge in [-0.05, 0) is 6.07 Å². The fraction of sp³-hybridized carbons (Fsp3) is 0.214. The standard InChI is InChI=1S/C14H10F2N2O6/c15-14(16)23-10-3-7-9(4-11(10)24-14)18(2-1-17-6-19)5-8(12(7)20)13(21)22/h3-6H,1-2H2,(H,17,19)(H,21,22). The summed E-state index contributed by atoms with van der Waals surface area (Å²) < 4.78 is 36.3. The van der Waals surface area contributed by atoms with Gasteiger partial charge >= 0.3 is 12.3 Å². The lowest BCUT2D eigenvalue weighted by Gasteiger charge is -2.12. The van der Waals surface area contributed by atoms with Crippen LogP contribution in [-0.4, -0.2) is 34.9 Å². The van der Waals surface area contributed by atoms with Gasteiger partial charge in [0.25, 0.3) is 0 Å². The van der Waals surface area contributed by atoms with E-state index < -0.39 is 23.3 Å². The van der Waals surface area contributed by atoms with Gasteiger partial charge in [-0.25, -0.2) is 4.79 Å². The van der Waals surface area contributed by atoms with Gasteiger partial charge in [-0.15, -0.1) is 8.78 Å². The van der Waals surface area contributed by atoms with Crippen molar-refractivity contribution in [1.82, 2.24) is 9.88 Å². The van der Waals surface area contributed by atoms with Crippen molar-refractivity contribution in [3.05, 3.63) is 34.1 Å². The molecule has 1 amide bonds. The van der Waals surface area contributed by atoms with Gasteiger partial charge in [-0.3, -0.25) is 9.59 Å². The Morgan fingerprint density at radius 2 is 2.00 bits per heavy atom. The number of amides is 1. The second-order valence-corrected chi connectivity index (χ2v) is 4.93. The molecule has 0 saturated heterocycles. The van der Waals surface area contributed by atoms with E-state index in [1.54, 1.807) is 0 Å². The van der Waals surface area contributed by atoms with E-state index in [1.807, 2.05) is 0 Å². The van der Waals surface area contributed by atoms with Crippen LogP contribution < -0.4 is 20.2 Å². The molecule has 2 aromatic rings. The summed E-state index contributed by atoms with van der Waals surface area (Å²) in [5, 5.41) is 11.4. The highest BCUT2D eigenvalue weighted by molar-refractivity contribution is 5.93. The average Bonchev–Trinajstić information content (AvgIpc) is 2.80. The number of carboxylic acid groups (broad SMARTS) is 1. The molecule has 0 fully saturated rings. The van der Waals surface area contributed by atoms with Crippen molar-refractivity contribution in [2.75, 3.05) is 6.54 Å². The van der Waals surface area contributed by atoms with E-state index in [4.69, 9.17) is 5.11 Å². The van der Waals surface area contributed by atoms with Gasteiger partial charge in [0.15, 0.2) is 11.5 Å². The van der Waals surface area contributed by atoms with Crippen molar-refractivity contribution >= 4 is 23.3 Å². The van der Waals surface area contributed by atoms with Crippen LogP contribution in [0.2, 0.25) is 0 Å². The lowest BCUT2D eigenvalue weighted by atomic mass is 10.1. The third-order valence-electron chi connectivity index (χ3n) is 3.41. The molecule has 0 aliphatic carbocycles. The first-order valence-electron chi connectivity index (χ1n) is 6.70. The summed E-state index contributed by atoms with van der Waals surface area (Å²) in [6.45, 7) is 0.261. The van der Waals surface area contributed by atoms with Crippen molar-refractivity contribution in [1.29, 1.82) is 0 Å². The molecular weight excluding hydrogens is 330 g/mol. The number of pyridine rings is 1. The maximum absolute atomic E-state index is 13.2. The zero-order valence-electron chi connectivity index (χ0n) is 11.9. The summed E-state index contributed by atoms with van der Waals surface area (Å²) >= 11 is 0. The summed E-state index contributed by atoms with van der Waals surface area (Å²) in [4.78, 5) is 33.8. The highest BCUT2D eigenvalue weighted by Gasteiger charge is 2.43. The van der Waals surface area contributed by atoms with E-state index in [0.29, 0.717) is 6.41 Å². The van der Waals surface area contributed by atoms with Gasteiger partial charge in [0.1, 0.15) is 5.56 Å². The van der Waals surface area contributed by atoms with Crippen molar-refractivity contribution in [2.24, 2.45) is 0 Å². The number of nitrogens with one attached hydrogen (secondary N) is 1. The second kappa shape index (κ2) is 5.48. The molecule has 0 bridgehead atoms. The molecule has 2 N–H and O–H groups in total. The second-order valence-electron chi connectivity index (χ2n) is 4.93. The predicted octanol–water partition coefficient (Wildman–Crippen LogP) is 0.767. The molecule has 0 atom stereocenters. The van der Waals surface area contributed by atoms with E-state index in [-0.39, 0.29) is 35.5 Å². The zero-order chi connectivity index (χ0) is 17.5. The predicted molar refractivity (Wildman–Crippen MR) is 75.4 cm³/mol. The van der Waals surface area contributed by atoms with Crippen LogP contribution in [0.1, 0.15) is 10.4 Å². The van der Waals surface area contributed by atoms with E-state index in [1.165, 1.54) is 10.6 Å². The molecule has 1 aromatic heterocycles. The molecule has 1 aliphatic heterocycles. The molecule has 2 heterocycles. The molecule has 10 heteroatoms. The number of hydrogen-bond acceptors (Lipinski definition) is 5. The van der Waals surface area contributed by atoms with E-state index in [2.05, 4.69) is 14.8 Å². The Kier molecular flexibility index (Phi) is 3.59. The molecule has 8 nitrogen and oxygen atoms in total. The number of carbonyl (C=O) groups excluding carboxylic acids is 1. The number of ether oxygens (including phenoxy) is 2. The molecule has 1 aromatic carbocycles. The number of aromatic carboxylic acids is 1. The number of nitrogens with zero attached hydrogens (tertiary/aromatic N) is 1. The highest BCUT2D eigenvalue weighted by Crippen LogP contribution is 2.42. The topological polar surface area (TPSA) is 107 Å². The Bertz CT molecular complexity index is 908. The number of fused-ring (bicyclic) bond motifs is 2. The van der Waals surface area contributed by atoms with Crippen molar-refractivity contribution in [2.45, 2.75) is 12.8 Å². The summed E-state index contributed by atoms with van der Waals surface area (Å²) in [6.07, 6.45) is -2.32. The molecule has 3 rings (SSSR count). The van der Waals surface area contributed by atoms with Crippen LogP contribution >= 0.6 is 0 Å². The minimum atomic E-state index is -3.86. The molecule has 0 saturated carbocycles. The normalized spacial score (nSPS) is 14.6.